The average Bonchev–Trinajstić information content (AvgIpc) is 3.53. The van der Waals surface area contributed by atoms with Gasteiger partial charge in [0.25, 0.3) is 0 Å². The van der Waals surface area contributed by atoms with E-state index in [4.69, 9.17) is 0 Å². The maximum absolute atomic E-state index is 13.9. The second-order valence-corrected chi connectivity index (χ2v) is 8.94. The van der Waals surface area contributed by atoms with Crippen LogP contribution in [0.15, 0.2) is 53.4 Å². The van der Waals surface area contributed by atoms with Crippen LogP contribution >= 0.6 is 0 Å². The smallest absolute Gasteiger partial charge is 0.243 e. The van der Waals surface area contributed by atoms with E-state index in [1.165, 1.54) is 22.5 Å². The Morgan fingerprint density at radius 3 is 2.15 bits per heavy atom. The van der Waals surface area contributed by atoms with Gasteiger partial charge in [-0.3, -0.25) is 4.79 Å². The Morgan fingerprint density at radius 1 is 0.926 bits per heavy atom. The van der Waals surface area contributed by atoms with Gasteiger partial charge in [0, 0.05) is 37.7 Å². The molecule has 1 aliphatic carbocycles. The number of anilines is 1. The van der Waals surface area contributed by atoms with E-state index in [1.54, 1.807) is 30.3 Å². The first-order valence-electron chi connectivity index (χ1n) is 9.11. The van der Waals surface area contributed by atoms with Crippen molar-refractivity contribution in [3.05, 3.63) is 59.9 Å². The first-order valence-corrected chi connectivity index (χ1v) is 10.5. The Kier molecular flexibility index (Phi) is 4.74. The number of benzene rings is 2. The number of hydrogen-bond acceptors (Lipinski definition) is 4. The summed E-state index contributed by atoms with van der Waals surface area (Å²) in [6.07, 6.45) is 1.84. The van der Waals surface area contributed by atoms with Gasteiger partial charge in [0.05, 0.1) is 10.6 Å². The van der Waals surface area contributed by atoms with Crippen LogP contribution in [0.25, 0.3) is 0 Å². The van der Waals surface area contributed by atoms with E-state index in [-0.39, 0.29) is 22.4 Å². The fraction of sp³-hybridized carbons (Fsp3) is 0.350. The highest BCUT2D eigenvalue weighted by atomic mass is 32.2. The van der Waals surface area contributed by atoms with Crippen LogP contribution in [0.5, 0.6) is 0 Å². The van der Waals surface area contributed by atoms with Crippen molar-refractivity contribution in [1.29, 1.82) is 0 Å². The van der Waals surface area contributed by atoms with E-state index in [0.717, 1.165) is 12.8 Å². The van der Waals surface area contributed by atoms with Crippen LogP contribution in [0.2, 0.25) is 0 Å². The van der Waals surface area contributed by atoms with Gasteiger partial charge in [-0.1, -0.05) is 24.3 Å². The predicted molar refractivity (Wildman–Crippen MR) is 101 cm³/mol. The number of Topliss-reactive ketones (excluding diaryl/α,β-unsaturated/α-hetero) is 1. The zero-order valence-electron chi connectivity index (χ0n) is 14.8. The molecule has 7 heteroatoms. The second-order valence-electron chi connectivity index (χ2n) is 7.01. The Bertz CT molecular complexity index is 947. The molecule has 2 fully saturated rings. The fourth-order valence-corrected chi connectivity index (χ4v) is 4.82. The first-order chi connectivity index (χ1) is 13.0. The summed E-state index contributed by atoms with van der Waals surface area (Å²) in [5.74, 6) is -0.0962. The van der Waals surface area contributed by atoms with Gasteiger partial charge in [-0.25, -0.2) is 12.8 Å². The molecule has 5 nitrogen and oxygen atoms in total. The largest absolute Gasteiger partial charge is 0.367 e. The number of carbonyl (C=O) groups is 1. The number of nitrogens with zero attached hydrogens (tertiary/aromatic N) is 2. The minimum Gasteiger partial charge on any atom is -0.367 e. The van der Waals surface area contributed by atoms with E-state index in [1.807, 2.05) is 4.90 Å². The molecule has 0 bridgehead atoms. The van der Waals surface area contributed by atoms with Crippen molar-refractivity contribution in [3.8, 4) is 0 Å². The molecule has 1 heterocycles. The van der Waals surface area contributed by atoms with Gasteiger partial charge in [0.15, 0.2) is 5.78 Å². The summed E-state index contributed by atoms with van der Waals surface area (Å²) < 4.78 is 41.1. The number of hydrogen-bond donors (Lipinski definition) is 0. The van der Waals surface area contributed by atoms with Gasteiger partial charge in [-0.15, -0.1) is 0 Å². The van der Waals surface area contributed by atoms with Crippen LogP contribution in [-0.2, 0) is 10.0 Å². The molecule has 1 saturated heterocycles. The summed E-state index contributed by atoms with van der Waals surface area (Å²) in [7, 11) is -3.62. The van der Waals surface area contributed by atoms with Crippen molar-refractivity contribution < 1.29 is 17.6 Å². The molecule has 0 amide bonds. The number of ketones is 1. The minimum absolute atomic E-state index is 0.0949. The molecule has 27 heavy (non-hydrogen) atoms. The second kappa shape index (κ2) is 7.05. The molecule has 1 saturated carbocycles. The molecule has 0 spiro atoms. The highest BCUT2D eigenvalue weighted by Crippen LogP contribution is 2.33. The van der Waals surface area contributed by atoms with Crippen molar-refractivity contribution in [2.45, 2.75) is 17.7 Å². The van der Waals surface area contributed by atoms with Crippen LogP contribution in [0.4, 0.5) is 10.1 Å². The molecule has 0 atom stereocenters. The van der Waals surface area contributed by atoms with Gasteiger partial charge >= 0.3 is 0 Å². The Hall–Kier alpha value is -2.25. The number of para-hydroxylation sites is 1. The zero-order valence-corrected chi connectivity index (χ0v) is 15.7. The maximum Gasteiger partial charge on any atom is 0.243 e. The molecular formula is C20H21FN2O3S. The number of carbonyl (C=O) groups excluding carboxylic acids is 1. The van der Waals surface area contributed by atoms with Gasteiger partial charge in [0.1, 0.15) is 5.82 Å². The van der Waals surface area contributed by atoms with Crippen molar-refractivity contribution in [3.63, 3.8) is 0 Å². The van der Waals surface area contributed by atoms with Crippen LogP contribution in [-0.4, -0.2) is 44.7 Å². The van der Waals surface area contributed by atoms with Crippen molar-refractivity contribution in [1.82, 2.24) is 4.31 Å². The lowest BCUT2D eigenvalue weighted by molar-refractivity contribution is 0.0967. The zero-order chi connectivity index (χ0) is 19.0. The lowest BCUT2D eigenvalue weighted by atomic mass is 10.1. The van der Waals surface area contributed by atoms with Crippen LogP contribution in [0.1, 0.15) is 23.2 Å². The summed E-state index contributed by atoms with van der Waals surface area (Å²) in [6.45, 7) is 1.44. The summed E-state index contributed by atoms with van der Waals surface area (Å²) in [5, 5.41) is 0. The third-order valence-electron chi connectivity index (χ3n) is 5.16. The molecule has 142 valence electrons. The van der Waals surface area contributed by atoms with E-state index < -0.39 is 10.0 Å². The van der Waals surface area contributed by atoms with E-state index in [9.17, 15) is 17.6 Å². The van der Waals surface area contributed by atoms with Gasteiger partial charge in [-0.05, 0) is 37.1 Å². The lowest BCUT2D eigenvalue weighted by Crippen LogP contribution is -2.48. The molecule has 2 aromatic carbocycles. The SMILES string of the molecule is O=C(c1ccc(S(=O)(=O)N2CCN(c3ccccc3F)CC2)cc1)C1CC1. The third kappa shape index (κ3) is 3.61. The number of rotatable bonds is 5. The Morgan fingerprint density at radius 2 is 1.56 bits per heavy atom. The normalized spacial score (nSPS) is 18.5. The monoisotopic (exact) mass is 388 g/mol. The summed E-state index contributed by atoms with van der Waals surface area (Å²) in [6, 6.07) is 12.7. The number of sulfonamides is 1. The van der Waals surface area contributed by atoms with E-state index in [0.29, 0.717) is 37.4 Å². The summed E-state index contributed by atoms with van der Waals surface area (Å²) in [5.41, 5.74) is 1.07. The maximum atomic E-state index is 13.9. The summed E-state index contributed by atoms with van der Waals surface area (Å²) in [4.78, 5) is 14.1. The van der Waals surface area contributed by atoms with Crippen LogP contribution in [0.3, 0.4) is 0 Å². The van der Waals surface area contributed by atoms with E-state index in [2.05, 4.69) is 0 Å². The predicted octanol–water partition coefficient (Wildman–Crippen LogP) is 2.93. The lowest BCUT2D eigenvalue weighted by Gasteiger charge is -2.35. The summed E-state index contributed by atoms with van der Waals surface area (Å²) >= 11 is 0. The first kappa shape index (κ1) is 18.1. The van der Waals surface area contributed by atoms with Gasteiger partial charge in [0.2, 0.25) is 10.0 Å². The quantitative estimate of drug-likeness (QED) is 0.739. The number of halogens is 1. The molecule has 0 radical (unpaired) electrons. The highest BCUT2D eigenvalue weighted by molar-refractivity contribution is 7.89. The minimum atomic E-state index is -3.62. The molecule has 2 aromatic rings. The number of piperazine rings is 1. The molecule has 4 rings (SSSR count). The Balaban J connectivity index is 1.45. The molecule has 0 unspecified atom stereocenters. The van der Waals surface area contributed by atoms with E-state index >= 15 is 0 Å². The molecule has 0 aromatic heterocycles. The van der Waals surface area contributed by atoms with Gasteiger partial charge in [-0.2, -0.15) is 4.31 Å². The van der Waals surface area contributed by atoms with Crippen LogP contribution < -0.4 is 4.90 Å². The average molecular weight is 388 g/mol. The van der Waals surface area contributed by atoms with Gasteiger partial charge < -0.3 is 4.90 Å². The molecule has 1 aliphatic heterocycles. The topological polar surface area (TPSA) is 57.7 Å². The standard InChI is InChI=1S/C20H21FN2O3S/c21-18-3-1-2-4-19(18)22-11-13-23(14-12-22)27(25,26)17-9-7-16(8-10-17)20(24)15-5-6-15/h1-4,7-10,15H,5-6,11-14H2. The van der Waals surface area contributed by atoms with Crippen molar-refractivity contribution in [2.24, 2.45) is 5.92 Å². The fourth-order valence-electron chi connectivity index (χ4n) is 3.40. The third-order valence-corrected chi connectivity index (χ3v) is 7.07. The molecular weight excluding hydrogens is 367 g/mol. The van der Waals surface area contributed by atoms with Crippen molar-refractivity contribution >= 4 is 21.5 Å². The Labute approximate surface area is 158 Å². The molecule has 0 N–H and O–H groups in total. The van der Waals surface area contributed by atoms with Crippen LogP contribution in [0, 0.1) is 11.7 Å². The van der Waals surface area contributed by atoms with Crippen molar-refractivity contribution in [2.75, 3.05) is 31.1 Å². The highest BCUT2D eigenvalue weighted by Gasteiger charge is 2.32. The molecule has 2 aliphatic rings.